The summed E-state index contributed by atoms with van der Waals surface area (Å²) in [6, 6.07) is 68.0. The summed E-state index contributed by atoms with van der Waals surface area (Å²) in [5, 5.41) is 23.8. The van der Waals surface area contributed by atoms with Gasteiger partial charge in [0.1, 0.15) is 0 Å². The van der Waals surface area contributed by atoms with E-state index >= 15 is 0 Å². The molecule has 1 N–H and O–H groups in total. The summed E-state index contributed by atoms with van der Waals surface area (Å²) in [7, 11) is 0. The van der Waals surface area contributed by atoms with Gasteiger partial charge in [0.2, 0.25) is 0 Å². The Morgan fingerprint density at radius 1 is 0.403 bits per heavy atom. The first-order valence-corrected chi connectivity index (χ1v) is 21.9. The molecule has 8 bridgehead atoms. The third-order valence-corrected chi connectivity index (χ3v) is 13.1. The third kappa shape index (κ3) is 6.71. The summed E-state index contributed by atoms with van der Waals surface area (Å²) < 4.78 is 0. The maximum absolute atomic E-state index is 11.9. The highest BCUT2D eigenvalue weighted by molar-refractivity contribution is 6.32. The fourth-order valence-electron chi connectivity index (χ4n) is 10.1. The van der Waals surface area contributed by atoms with Crippen LogP contribution in [0.3, 0.4) is 0 Å². The van der Waals surface area contributed by atoms with E-state index in [1.54, 1.807) is 24.3 Å². The molecule has 67 heavy (non-hydrogen) atoms. The van der Waals surface area contributed by atoms with Crippen LogP contribution in [-0.4, -0.2) is 26.3 Å². The molecule has 0 fully saturated rings. The maximum Gasteiger partial charge on any atom is 0.269 e. The molecular formula is C58H39N5O4. The average Bonchev–Trinajstić information content (AvgIpc) is 4.18. The zero-order chi connectivity index (χ0) is 45.5. The Labute approximate surface area is 386 Å². The first-order valence-electron chi connectivity index (χ1n) is 21.9. The van der Waals surface area contributed by atoms with Crippen molar-refractivity contribution in [2.24, 2.45) is 9.98 Å². The molecule has 0 aliphatic carbocycles. The van der Waals surface area contributed by atoms with E-state index in [0.29, 0.717) is 28.2 Å². The van der Waals surface area contributed by atoms with Gasteiger partial charge < -0.3 is 4.98 Å². The third-order valence-electron chi connectivity index (χ3n) is 13.1. The van der Waals surface area contributed by atoms with Crippen LogP contribution < -0.4 is 0 Å². The monoisotopic (exact) mass is 869 g/mol. The largest absolute Gasteiger partial charge is 0.357 e. The molecule has 0 saturated carbocycles. The van der Waals surface area contributed by atoms with Gasteiger partial charge in [0.05, 0.1) is 43.5 Å². The summed E-state index contributed by atoms with van der Waals surface area (Å²) in [6.07, 6.45) is 7.99. The number of aromatic nitrogens is 1. The SMILES string of the molecule is O=[N+]([O-])c1ccc(/C2=C3\C=CC(=N3)C(c3ccccc3)(c3ccccc3)c3cccc(c3)C(c3ccccc3)(c3ccccc3)c3ccc([nH]3)/C(c3ccc([N+](=O)[O-])cc3)=C3/C=CC2=N3)cc1. The standard InChI is InChI=1S/C58H39N5O4/c64-62(65)47-28-24-39(25-29-47)55-49-32-33-50(59-49)56(40-26-30-48(31-27-40)63(66)67)52-35-37-54(61-52)58(43-18-9-3-10-19-43,44-20-11-4-12-21-44)46-23-13-22-45(38-46)57(41-14-5-1-6-15-41,42-16-7-2-8-17-42)53-36-34-51(55)60-53/h1-38,60H/b55-49-,56-52-. The molecule has 0 amide bonds. The first-order chi connectivity index (χ1) is 32.8. The van der Waals surface area contributed by atoms with Crippen molar-refractivity contribution in [3.05, 3.63) is 318 Å². The maximum atomic E-state index is 11.9. The number of nitrogens with zero attached hydrogens (tertiary/aromatic N) is 4. The van der Waals surface area contributed by atoms with E-state index < -0.39 is 20.7 Å². The van der Waals surface area contributed by atoms with Crippen molar-refractivity contribution >= 4 is 33.9 Å². The molecule has 3 aliphatic rings. The molecule has 8 aromatic rings. The number of fused-ring (bicyclic) bond motifs is 6. The topological polar surface area (TPSA) is 127 Å². The van der Waals surface area contributed by atoms with Crippen LogP contribution in [0.15, 0.2) is 252 Å². The predicted molar refractivity (Wildman–Crippen MR) is 264 cm³/mol. The van der Waals surface area contributed by atoms with Gasteiger partial charge in [-0.3, -0.25) is 25.2 Å². The molecule has 4 heterocycles. The number of benzene rings is 7. The van der Waals surface area contributed by atoms with Gasteiger partial charge >= 0.3 is 0 Å². The molecule has 0 atom stereocenters. The smallest absolute Gasteiger partial charge is 0.269 e. The Morgan fingerprint density at radius 3 is 1.34 bits per heavy atom. The normalized spacial score (nSPS) is 17.7. The number of aromatic amines is 1. The molecular weight excluding hydrogens is 831 g/mol. The number of nitro benzene ring substituents is 2. The van der Waals surface area contributed by atoms with E-state index in [1.165, 1.54) is 24.3 Å². The Morgan fingerprint density at radius 2 is 0.836 bits per heavy atom. The summed E-state index contributed by atoms with van der Waals surface area (Å²) >= 11 is 0. The minimum atomic E-state index is -0.948. The highest BCUT2D eigenvalue weighted by Crippen LogP contribution is 2.50. The van der Waals surface area contributed by atoms with Gasteiger partial charge in [-0.05, 0) is 105 Å². The van der Waals surface area contributed by atoms with Crippen molar-refractivity contribution < 1.29 is 9.85 Å². The molecule has 11 rings (SSSR count). The molecule has 3 aliphatic heterocycles. The van der Waals surface area contributed by atoms with Gasteiger partial charge in [-0.25, -0.2) is 4.99 Å². The highest BCUT2D eigenvalue weighted by Gasteiger charge is 2.45. The summed E-state index contributed by atoms with van der Waals surface area (Å²) in [6.45, 7) is 0. The van der Waals surface area contributed by atoms with E-state index in [0.717, 1.165) is 61.6 Å². The quantitative estimate of drug-likeness (QED) is 0.120. The Bertz CT molecular complexity index is 3340. The molecule has 1 aromatic heterocycles. The van der Waals surface area contributed by atoms with Gasteiger partial charge in [0, 0.05) is 46.8 Å². The molecule has 7 aromatic carbocycles. The Hall–Kier alpha value is -9.08. The summed E-state index contributed by atoms with van der Waals surface area (Å²) in [5.41, 5.74) is 11.3. The van der Waals surface area contributed by atoms with E-state index in [1.807, 2.05) is 42.5 Å². The second-order valence-electron chi connectivity index (χ2n) is 16.6. The van der Waals surface area contributed by atoms with Crippen LogP contribution in [0.4, 0.5) is 11.4 Å². The summed E-state index contributed by atoms with van der Waals surface area (Å²) in [4.78, 5) is 37.9. The van der Waals surface area contributed by atoms with Gasteiger partial charge in [0.15, 0.2) is 0 Å². The van der Waals surface area contributed by atoms with Crippen molar-refractivity contribution in [3.63, 3.8) is 0 Å². The second kappa shape index (κ2) is 16.5. The number of hydrogen-bond acceptors (Lipinski definition) is 6. The van der Waals surface area contributed by atoms with Crippen molar-refractivity contribution in [2.75, 3.05) is 0 Å². The highest BCUT2D eigenvalue weighted by atomic mass is 16.6. The lowest BCUT2D eigenvalue weighted by atomic mass is 9.63. The number of H-pyrrole nitrogens is 1. The minimum absolute atomic E-state index is 0.0260. The van der Waals surface area contributed by atoms with Crippen molar-refractivity contribution in [1.82, 2.24) is 4.98 Å². The molecule has 0 spiro atoms. The van der Waals surface area contributed by atoms with Gasteiger partial charge in [0.25, 0.3) is 11.4 Å². The van der Waals surface area contributed by atoms with Crippen LogP contribution in [0, 0.1) is 20.2 Å². The van der Waals surface area contributed by atoms with E-state index in [4.69, 9.17) is 9.98 Å². The second-order valence-corrected chi connectivity index (χ2v) is 16.6. The fraction of sp³-hybridized carbons (Fsp3) is 0.0345. The zero-order valence-electron chi connectivity index (χ0n) is 35.9. The lowest BCUT2D eigenvalue weighted by Crippen LogP contribution is -2.38. The van der Waals surface area contributed by atoms with Gasteiger partial charge in [-0.2, -0.15) is 0 Å². The van der Waals surface area contributed by atoms with Crippen LogP contribution in [0.2, 0.25) is 0 Å². The molecule has 0 radical (unpaired) electrons. The molecule has 320 valence electrons. The van der Waals surface area contributed by atoms with E-state index in [-0.39, 0.29) is 11.4 Å². The minimum Gasteiger partial charge on any atom is -0.357 e. The average molecular weight is 870 g/mol. The molecule has 0 unspecified atom stereocenters. The lowest BCUT2D eigenvalue weighted by molar-refractivity contribution is -0.385. The van der Waals surface area contributed by atoms with Crippen molar-refractivity contribution in [2.45, 2.75) is 10.8 Å². The first kappa shape index (κ1) is 40.7. The van der Waals surface area contributed by atoms with Crippen LogP contribution >= 0.6 is 0 Å². The number of aliphatic imine (C=N–C) groups is 2. The van der Waals surface area contributed by atoms with Crippen molar-refractivity contribution in [3.8, 4) is 0 Å². The lowest BCUT2D eigenvalue weighted by Gasteiger charge is -2.39. The van der Waals surface area contributed by atoms with Gasteiger partial charge in [-0.15, -0.1) is 0 Å². The molecule has 9 heteroatoms. The van der Waals surface area contributed by atoms with Crippen LogP contribution in [0.1, 0.15) is 55.9 Å². The van der Waals surface area contributed by atoms with E-state index in [9.17, 15) is 20.2 Å². The number of allylic oxidation sites excluding steroid dienone is 5. The Balaban J connectivity index is 1.31. The number of hydrogen-bond donors (Lipinski definition) is 1. The number of nitro groups is 2. The molecule has 9 nitrogen and oxygen atoms in total. The number of rotatable bonds is 8. The summed E-state index contributed by atoms with van der Waals surface area (Å²) in [5.74, 6) is 0. The number of non-ortho nitro benzene ring substituents is 2. The fourth-order valence-corrected chi connectivity index (χ4v) is 10.1. The van der Waals surface area contributed by atoms with Crippen molar-refractivity contribution in [1.29, 1.82) is 0 Å². The van der Waals surface area contributed by atoms with Crippen LogP contribution in [-0.2, 0) is 10.8 Å². The Kier molecular flexibility index (Phi) is 10.0. The van der Waals surface area contributed by atoms with E-state index in [2.05, 4.69) is 145 Å². The van der Waals surface area contributed by atoms with Crippen LogP contribution in [0.5, 0.6) is 0 Å². The molecule has 0 saturated heterocycles. The number of nitrogens with one attached hydrogen (secondary N) is 1. The van der Waals surface area contributed by atoms with Crippen LogP contribution in [0.25, 0.3) is 11.1 Å². The zero-order valence-corrected chi connectivity index (χ0v) is 35.9. The predicted octanol–water partition coefficient (Wildman–Crippen LogP) is 12.8. The van der Waals surface area contributed by atoms with Gasteiger partial charge in [-0.1, -0.05) is 146 Å².